The fraction of sp³-hybridized carbons (Fsp3) is 0. The van der Waals surface area contributed by atoms with Crippen molar-refractivity contribution in [2.45, 2.75) is 0 Å². The van der Waals surface area contributed by atoms with Crippen LogP contribution >= 0.6 is 11.3 Å². The largest absolute Gasteiger partial charge is 0.309 e. The van der Waals surface area contributed by atoms with Crippen molar-refractivity contribution in [2.75, 3.05) is 0 Å². The van der Waals surface area contributed by atoms with Crippen LogP contribution in [0.4, 0.5) is 0 Å². The molecule has 232 valence electrons. The van der Waals surface area contributed by atoms with Crippen LogP contribution in [0.25, 0.3) is 92.1 Å². The second-order valence-corrected chi connectivity index (χ2v) is 13.7. The highest BCUT2D eigenvalue weighted by atomic mass is 32.1. The van der Waals surface area contributed by atoms with Crippen LogP contribution in [0.15, 0.2) is 164 Å². The van der Waals surface area contributed by atoms with Gasteiger partial charge in [-0.1, -0.05) is 109 Å². The number of fused-ring (bicyclic) bond motifs is 7. The third-order valence-corrected chi connectivity index (χ3v) is 11.0. The van der Waals surface area contributed by atoms with Crippen LogP contribution in [0.1, 0.15) is 5.56 Å². The third-order valence-electron chi connectivity index (χ3n) is 9.85. The molecule has 0 aliphatic heterocycles. The minimum atomic E-state index is 0.644. The zero-order chi connectivity index (χ0) is 33.2. The number of nitrogens with zero attached hydrogens (tertiary/aromatic N) is 3. The molecule has 0 radical (unpaired) electrons. The number of thiophene rings is 1. The molecule has 7 aromatic carbocycles. The number of hydrogen-bond acceptors (Lipinski definition) is 3. The number of benzene rings is 7. The highest BCUT2D eigenvalue weighted by Gasteiger charge is 2.19. The van der Waals surface area contributed by atoms with Gasteiger partial charge in [0.1, 0.15) is 6.07 Å². The molecular weight excluding hydrogens is 627 g/mol. The first-order valence-corrected chi connectivity index (χ1v) is 17.5. The fourth-order valence-electron chi connectivity index (χ4n) is 7.53. The van der Waals surface area contributed by atoms with E-state index in [1.54, 1.807) is 0 Å². The maximum Gasteiger partial charge on any atom is 0.101 e. The van der Waals surface area contributed by atoms with E-state index in [2.05, 4.69) is 132 Å². The number of nitriles is 1. The second kappa shape index (κ2) is 11.3. The minimum absolute atomic E-state index is 0.644. The van der Waals surface area contributed by atoms with Gasteiger partial charge in [-0.05, 0) is 71.3 Å². The van der Waals surface area contributed by atoms with Gasteiger partial charge in [0, 0.05) is 53.1 Å². The maximum absolute atomic E-state index is 10.4. The molecule has 0 unspecified atom stereocenters. The Morgan fingerprint density at radius 3 is 1.92 bits per heavy atom. The molecule has 0 aliphatic carbocycles. The quantitative estimate of drug-likeness (QED) is 0.190. The molecule has 4 heteroatoms. The van der Waals surface area contributed by atoms with E-state index in [-0.39, 0.29) is 0 Å². The van der Waals surface area contributed by atoms with Crippen LogP contribution in [-0.2, 0) is 0 Å². The van der Waals surface area contributed by atoms with E-state index in [9.17, 15) is 5.26 Å². The molecule has 10 rings (SSSR count). The van der Waals surface area contributed by atoms with Crippen molar-refractivity contribution in [3.05, 3.63) is 169 Å². The van der Waals surface area contributed by atoms with Crippen molar-refractivity contribution in [1.82, 2.24) is 9.55 Å². The van der Waals surface area contributed by atoms with E-state index in [0.717, 1.165) is 50.0 Å². The van der Waals surface area contributed by atoms with Gasteiger partial charge in [-0.15, -0.1) is 11.3 Å². The van der Waals surface area contributed by atoms with Crippen LogP contribution in [0.3, 0.4) is 0 Å². The van der Waals surface area contributed by atoms with Gasteiger partial charge in [0.15, 0.2) is 0 Å². The Balaban J connectivity index is 1.12. The van der Waals surface area contributed by atoms with Crippen molar-refractivity contribution in [2.24, 2.45) is 0 Å². The summed E-state index contributed by atoms with van der Waals surface area (Å²) in [6, 6.07) is 60.1. The Bertz CT molecular complexity index is 2980. The molecule has 0 saturated heterocycles. The summed E-state index contributed by atoms with van der Waals surface area (Å²) in [6.45, 7) is 0. The Labute approximate surface area is 292 Å². The molecule has 0 aliphatic rings. The van der Waals surface area contributed by atoms with Crippen molar-refractivity contribution < 1.29 is 0 Å². The lowest BCUT2D eigenvalue weighted by atomic mass is 9.92. The van der Waals surface area contributed by atoms with Gasteiger partial charge in [-0.2, -0.15) is 5.26 Å². The summed E-state index contributed by atoms with van der Waals surface area (Å²) in [5, 5.41) is 16.3. The summed E-state index contributed by atoms with van der Waals surface area (Å²) in [7, 11) is 0. The molecule has 3 nitrogen and oxygen atoms in total. The number of para-hydroxylation sites is 2. The zero-order valence-corrected chi connectivity index (χ0v) is 27.7. The van der Waals surface area contributed by atoms with Crippen LogP contribution in [0.2, 0.25) is 0 Å². The summed E-state index contributed by atoms with van der Waals surface area (Å²) in [5.41, 5.74) is 10.9. The first-order valence-electron chi connectivity index (χ1n) is 16.7. The summed E-state index contributed by atoms with van der Waals surface area (Å²) >= 11 is 1.85. The smallest absolute Gasteiger partial charge is 0.101 e. The van der Waals surface area contributed by atoms with Crippen LogP contribution in [-0.4, -0.2) is 9.55 Å². The van der Waals surface area contributed by atoms with Gasteiger partial charge in [0.25, 0.3) is 0 Å². The minimum Gasteiger partial charge on any atom is -0.309 e. The molecule has 0 fully saturated rings. The second-order valence-electron chi connectivity index (χ2n) is 12.6. The average Bonchev–Trinajstić information content (AvgIpc) is 3.72. The molecule has 0 amide bonds. The molecule has 10 aromatic rings. The molecule has 0 bridgehead atoms. The standard InChI is InChI=1S/C46H27N3S/c47-28-39-34-12-4-7-15-40(34)48-46(45(39)29-10-2-1-3-11-29)30-18-22-33(23-19-30)49-41-16-8-5-13-35(41)37-26-31(20-24-42(37)49)32-21-25-44-38(27-32)36-14-6-9-17-43(36)50-44/h1-27H. The van der Waals surface area contributed by atoms with E-state index in [1.807, 2.05) is 53.8 Å². The molecule has 3 aromatic heterocycles. The highest BCUT2D eigenvalue weighted by Crippen LogP contribution is 2.40. The molecule has 3 heterocycles. The maximum atomic E-state index is 10.4. The van der Waals surface area contributed by atoms with Gasteiger partial charge in [0.05, 0.1) is 27.8 Å². The van der Waals surface area contributed by atoms with Crippen LogP contribution < -0.4 is 0 Å². The highest BCUT2D eigenvalue weighted by molar-refractivity contribution is 7.25. The molecule has 0 N–H and O–H groups in total. The van der Waals surface area contributed by atoms with E-state index < -0.39 is 0 Å². The third kappa shape index (κ3) is 4.38. The van der Waals surface area contributed by atoms with Gasteiger partial charge in [0.2, 0.25) is 0 Å². The Morgan fingerprint density at radius 1 is 0.480 bits per heavy atom. The molecule has 0 atom stereocenters. The van der Waals surface area contributed by atoms with E-state index >= 15 is 0 Å². The van der Waals surface area contributed by atoms with Crippen LogP contribution in [0, 0.1) is 11.3 Å². The van der Waals surface area contributed by atoms with Crippen molar-refractivity contribution in [1.29, 1.82) is 5.26 Å². The predicted octanol–water partition coefficient (Wildman–Crippen LogP) is 12.6. The van der Waals surface area contributed by atoms with Gasteiger partial charge >= 0.3 is 0 Å². The molecule has 50 heavy (non-hydrogen) atoms. The monoisotopic (exact) mass is 653 g/mol. The summed E-state index contributed by atoms with van der Waals surface area (Å²) in [5.74, 6) is 0. The molecule has 0 spiro atoms. The Kier molecular flexibility index (Phi) is 6.42. The van der Waals surface area contributed by atoms with E-state index in [1.165, 1.54) is 42.1 Å². The summed E-state index contributed by atoms with van der Waals surface area (Å²) in [6.07, 6.45) is 0. The first kappa shape index (κ1) is 28.5. The Hall–Kier alpha value is -6.54. The topological polar surface area (TPSA) is 41.6 Å². The molecule has 0 saturated carbocycles. The fourth-order valence-corrected chi connectivity index (χ4v) is 8.61. The zero-order valence-electron chi connectivity index (χ0n) is 26.8. The normalized spacial score (nSPS) is 11.6. The summed E-state index contributed by atoms with van der Waals surface area (Å²) in [4.78, 5) is 5.14. The van der Waals surface area contributed by atoms with Crippen molar-refractivity contribution >= 4 is 64.2 Å². The van der Waals surface area contributed by atoms with Gasteiger partial charge in [-0.3, -0.25) is 0 Å². The summed E-state index contributed by atoms with van der Waals surface area (Å²) < 4.78 is 4.98. The van der Waals surface area contributed by atoms with E-state index in [0.29, 0.717) is 5.56 Å². The van der Waals surface area contributed by atoms with Gasteiger partial charge in [-0.25, -0.2) is 4.98 Å². The molecular formula is C46H27N3S. The average molecular weight is 654 g/mol. The van der Waals surface area contributed by atoms with Crippen molar-refractivity contribution in [3.8, 4) is 45.3 Å². The van der Waals surface area contributed by atoms with Crippen LogP contribution in [0.5, 0.6) is 0 Å². The van der Waals surface area contributed by atoms with E-state index in [4.69, 9.17) is 4.98 Å². The van der Waals surface area contributed by atoms with Gasteiger partial charge < -0.3 is 4.57 Å². The Morgan fingerprint density at radius 2 is 1.10 bits per heavy atom. The first-order chi connectivity index (χ1) is 24.7. The number of hydrogen-bond donors (Lipinski definition) is 0. The van der Waals surface area contributed by atoms with Crippen molar-refractivity contribution in [3.63, 3.8) is 0 Å². The SMILES string of the molecule is N#Cc1c(-c2ccccc2)c(-c2ccc(-n3c4ccccc4c4cc(-c5ccc6sc7ccccc7c6c5)ccc43)cc2)nc2ccccc12. The number of rotatable bonds is 4. The lowest BCUT2D eigenvalue weighted by Gasteiger charge is -2.15. The lowest BCUT2D eigenvalue weighted by molar-refractivity contribution is 1.18. The lowest BCUT2D eigenvalue weighted by Crippen LogP contribution is -1.97. The predicted molar refractivity (Wildman–Crippen MR) is 210 cm³/mol. The number of pyridine rings is 1. The number of aromatic nitrogens is 2.